The molecule has 1 rings (SSSR count). The van der Waals surface area contributed by atoms with Crippen LogP contribution < -0.4 is 51.4 Å². The molecule has 60 valence electrons. The second-order valence-electron chi connectivity index (χ2n) is 1.91. The smallest absolute Gasteiger partial charge is 0.744 e. The van der Waals surface area contributed by atoms with E-state index in [1.165, 1.54) is 18.2 Å². The van der Waals surface area contributed by atoms with Crippen LogP contribution in [0.2, 0.25) is 5.02 Å². The van der Waals surface area contributed by atoms with Gasteiger partial charge in [0, 0.05) is 5.02 Å². The van der Waals surface area contributed by atoms with Gasteiger partial charge in [-0.3, -0.25) is 0 Å². The number of hydrogen-bond acceptors (Lipinski definition) is 3. The van der Waals surface area contributed by atoms with E-state index in [0.29, 0.717) is 0 Å². The first-order chi connectivity index (χ1) is 5.00. The molecule has 6 heteroatoms. The Morgan fingerprint density at radius 3 is 2.25 bits per heavy atom. The molecule has 0 aliphatic heterocycles. The second-order valence-corrected chi connectivity index (χ2v) is 3.73. The topological polar surface area (TPSA) is 57.2 Å². The van der Waals surface area contributed by atoms with E-state index in [1.807, 2.05) is 0 Å². The average Bonchev–Trinajstić information content (AvgIpc) is 1.86. The molecule has 0 bridgehead atoms. The summed E-state index contributed by atoms with van der Waals surface area (Å²) in [6, 6.07) is 5.22. The van der Waals surface area contributed by atoms with Gasteiger partial charge < -0.3 is 4.55 Å². The molecule has 0 radical (unpaired) electrons. The standard InChI is InChI=1S/C6H5ClO3S.K/c7-5-2-1-3-6(4-5)11(8,9)10;/h1-4H,(H,8,9,10);/q;+1/p-1. The van der Waals surface area contributed by atoms with Crippen LogP contribution in [0, 0.1) is 0 Å². The van der Waals surface area contributed by atoms with Gasteiger partial charge in [-0.1, -0.05) is 17.7 Å². The first-order valence-electron chi connectivity index (χ1n) is 2.71. The quantitative estimate of drug-likeness (QED) is 0.425. The van der Waals surface area contributed by atoms with Gasteiger partial charge in [0.25, 0.3) is 0 Å². The van der Waals surface area contributed by atoms with Crippen LogP contribution >= 0.6 is 11.6 Å². The van der Waals surface area contributed by atoms with Gasteiger partial charge in [-0.2, -0.15) is 0 Å². The first kappa shape index (κ1) is 13.1. The number of hydrogen-bond donors (Lipinski definition) is 0. The largest absolute Gasteiger partial charge is 1.00 e. The predicted octanol–water partition coefficient (Wildman–Crippen LogP) is -1.75. The molecule has 1 aromatic carbocycles. The van der Waals surface area contributed by atoms with Gasteiger partial charge >= 0.3 is 51.4 Å². The second kappa shape index (κ2) is 5.07. The molecule has 0 saturated heterocycles. The SMILES string of the molecule is O=S(=O)([O-])c1cccc(Cl)c1.[K+]. The Kier molecular flexibility index (Phi) is 5.51. The third kappa shape index (κ3) is 3.84. The van der Waals surface area contributed by atoms with Crippen molar-refractivity contribution in [1.29, 1.82) is 0 Å². The minimum Gasteiger partial charge on any atom is -0.744 e. The van der Waals surface area contributed by atoms with E-state index in [4.69, 9.17) is 11.6 Å². The minimum absolute atomic E-state index is 0. The molecular formula is C6H4ClKO3S. The normalized spacial score (nSPS) is 10.5. The van der Waals surface area contributed by atoms with Crippen molar-refractivity contribution in [3.05, 3.63) is 29.3 Å². The Labute approximate surface area is 118 Å². The fourth-order valence-corrected chi connectivity index (χ4v) is 1.39. The molecule has 0 aliphatic rings. The summed E-state index contributed by atoms with van der Waals surface area (Å²) in [7, 11) is -4.36. The van der Waals surface area contributed by atoms with Crippen LogP contribution in [-0.4, -0.2) is 13.0 Å². The molecule has 0 spiro atoms. The summed E-state index contributed by atoms with van der Waals surface area (Å²) in [4.78, 5) is -0.301. The molecule has 0 unspecified atom stereocenters. The fourth-order valence-electron chi connectivity index (χ4n) is 0.623. The summed E-state index contributed by atoms with van der Waals surface area (Å²) in [5, 5.41) is 0.238. The molecule has 0 heterocycles. The minimum atomic E-state index is -4.36. The van der Waals surface area contributed by atoms with Gasteiger partial charge in [-0.15, -0.1) is 0 Å². The van der Waals surface area contributed by atoms with E-state index < -0.39 is 10.1 Å². The Morgan fingerprint density at radius 2 is 1.92 bits per heavy atom. The van der Waals surface area contributed by atoms with E-state index >= 15 is 0 Å². The van der Waals surface area contributed by atoms with Crippen molar-refractivity contribution in [3.63, 3.8) is 0 Å². The summed E-state index contributed by atoms with van der Waals surface area (Å²) in [6.45, 7) is 0. The Balaban J connectivity index is 0.00000121. The van der Waals surface area contributed by atoms with Gasteiger partial charge in [-0.05, 0) is 18.2 Å². The van der Waals surface area contributed by atoms with Gasteiger partial charge in [0.2, 0.25) is 0 Å². The maximum Gasteiger partial charge on any atom is 1.00 e. The van der Waals surface area contributed by atoms with Crippen molar-refractivity contribution < 1.29 is 64.4 Å². The Morgan fingerprint density at radius 1 is 1.33 bits per heavy atom. The summed E-state index contributed by atoms with van der Waals surface area (Å²) < 4.78 is 31.1. The monoisotopic (exact) mass is 230 g/mol. The zero-order chi connectivity index (χ0) is 8.48. The average molecular weight is 231 g/mol. The van der Waals surface area contributed by atoms with E-state index in [-0.39, 0.29) is 61.3 Å². The van der Waals surface area contributed by atoms with Gasteiger partial charge in [0.05, 0.1) is 4.90 Å². The molecule has 3 nitrogen and oxygen atoms in total. The molecule has 1 aromatic rings. The van der Waals surface area contributed by atoms with Crippen LogP contribution in [0.1, 0.15) is 0 Å². The van der Waals surface area contributed by atoms with Gasteiger partial charge in [-0.25, -0.2) is 8.42 Å². The van der Waals surface area contributed by atoms with Crippen LogP contribution in [0.25, 0.3) is 0 Å². The molecule has 0 N–H and O–H groups in total. The molecule has 0 amide bonds. The van der Waals surface area contributed by atoms with Gasteiger partial charge in [0.15, 0.2) is 0 Å². The molecular weight excluding hydrogens is 227 g/mol. The van der Waals surface area contributed by atoms with E-state index in [9.17, 15) is 13.0 Å². The number of halogens is 1. The van der Waals surface area contributed by atoms with Crippen LogP contribution in [-0.2, 0) is 10.1 Å². The Hall–Kier alpha value is 1.06. The molecule has 12 heavy (non-hydrogen) atoms. The third-order valence-electron chi connectivity index (χ3n) is 1.08. The van der Waals surface area contributed by atoms with Gasteiger partial charge in [0.1, 0.15) is 10.1 Å². The predicted molar refractivity (Wildman–Crippen MR) is 39.4 cm³/mol. The number of benzene rings is 1. The van der Waals surface area contributed by atoms with Crippen molar-refractivity contribution in [1.82, 2.24) is 0 Å². The molecule has 0 aromatic heterocycles. The van der Waals surface area contributed by atoms with Crippen molar-refractivity contribution in [3.8, 4) is 0 Å². The summed E-state index contributed by atoms with van der Waals surface area (Å²) in [6.07, 6.45) is 0. The van der Waals surface area contributed by atoms with Crippen molar-refractivity contribution in [2.24, 2.45) is 0 Å². The summed E-state index contributed by atoms with van der Waals surface area (Å²) in [5.74, 6) is 0. The Bertz CT molecular complexity index is 363. The zero-order valence-electron chi connectivity index (χ0n) is 6.32. The van der Waals surface area contributed by atoms with Crippen LogP contribution in [0.15, 0.2) is 29.2 Å². The molecule has 0 atom stereocenters. The van der Waals surface area contributed by atoms with Crippen molar-refractivity contribution in [2.45, 2.75) is 4.90 Å². The van der Waals surface area contributed by atoms with Crippen molar-refractivity contribution in [2.75, 3.05) is 0 Å². The fraction of sp³-hybridized carbons (Fsp3) is 0. The zero-order valence-corrected chi connectivity index (χ0v) is 11.0. The number of rotatable bonds is 1. The van der Waals surface area contributed by atoms with Crippen LogP contribution in [0.4, 0.5) is 0 Å². The third-order valence-corrected chi connectivity index (χ3v) is 2.15. The van der Waals surface area contributed by atoms with Crippen LogP contribution in [0.5, 0.6) is 0 Å². The van der Waals surface area contributed by atoms with E-state index in [0.717, 1.165) is 6.07 Å². The molecule has 0 saturated carbocycles. The van der Waals surface area contributed by atoms with E-state index in [1.54, 1.807) is 0 Å². The summed E-state index contributed by atoms with van der Waals surface area (Å²) >= 11 is 5.45. The first-order valence-corrected chi connectivity index (χ1v) is 4.50. The van der Waals surface area contributed by atoms with Crippen molar-refractivity contribution >= 4 is 21.7 Å². The molecule has 0 fully saturated rings. The van der Waals surface area contributed by atoms with Crippen LogP contribution in [0.3, 0.4) is 0 Å². The summed E-state index contributed by atoms with van der Waals surface area (Å²) in [5.41, 5.74) is 0. The maximum absolute atomic E-state index is 10.4. The molecule has 0 aliphatic carbocycles. The maximum atomic E-state index is 10.4. The van der Waals surface area contributed by atoms with E-state index in [2.05, 4.69) is 0 Å².